The Bertz CT molecular complexity index is 1390. The van der Waals surface area contributed by atoms with Crippen LogP contribution < -0.4 is 9.80 Å². The fourth-order valence-corrected chi connectivity index (χ4v) is 6.22. The minimum atomic E-state index is 0.0175. The number of nitrogens with zero attached hydrogens (tertiary/aromatic N) is 2. The van der Waals surface area contributed by atoms with Crippen LogP contribution in [-0.4, -0.2) is 6.04 Å². The molecule has 7 rings (SSSR count). The smallest absolute Gasteiger partial charge is 0.133 e. The molecule has 3 aliphatic rings. The van der Waals surface area contributed by atoms with Gasteiger partial charge in [-0.2, -0.15) is 0 Å². The van der Waals surface area contributed by atoms with Gasteiger partial charge in [-0.15, -0.1) is 0 Å². The molecule has 2 aliphatic heterocycles. The van der Waals surface area contributed by atoms with Crippen LogP contribution in [0.25, 0.3) is 0 Å². The molecule has 2 heteroatoms. The van der Waals surface area contributed by atoms with Crippen molar-refractivity contribution in [2.45, 2.75) is 25.0 Å². The number of fused-ring (bicyclic) bond motifs is 4. The molecule has 0 aromatic heterocycles. The van der Waals surface area contributed by atoms with E-state index in [1.807, 2.05) is 0 Å². The first-order chi connectivity index (χ1) is 17.4. The number of hydrogen-bond donors (Lipinski definition) is 0. The number of benzene rings is 4. The Balaban J connectivity index is 1.51. The van der Waals surface area contributed by atoms with E-state index in [1.54, 1.807) is 0 Å². The van der Waals surface area contributed by atoms with E-state index in [9.17, 15) is 0 Å². The summed E-state index contributed by atoms with van der Waals surface area (Å²) in [6.07, 6.45) is 11.3. The normalized spacial score (nSPS) is 20.5. The van der Waals surface area contributed by atoms with Gasteiger partial charge in [0.1, 0.15) is 6.17 Å². The van der Waals surface area contributed by atoms with Crippen molar-refractivity contribution in [1.29, 1.82) is 0 Å². The van der Waals surface area contributed by atoms with Crippen LogP contribution in [0.2, 0.25) is 0 Å². The molecule has 0 N–H and O–H groups in total. The molecule has 0 amide bonds. The largest absolute Gasteiger partial charge is 0.340 e. The Morgan fingerprint density at radius 1 is 0.571 bits per heavy atom. The highest BCUT2D eigenvalue weighted by molar-refractivity contribution is 5.77. The summed E-state index contributed by atoms with van der Waals surface area (Å²) in [7, 11) is 0. The standard InChI is InChI=1S/C33H28N2/c1-2-12-24(13-3-1)33(34-29-18-8-4-14-25(29)22-26-15-5-9-19-30(26)34)35-31-20-10-6-16-27(31)23-28-17-7-11-21-32(28)35/h1-21,25,29,33H,22-23H2. The molecule has 2 heterocycles. The van der Waals surface area contributed by atoms with Crippen LogP contribution in [0.1, 0.15) is 28.4 Å². The van der Waals surface area contributed by atoms with E-state index in [-0.39, 0.29) is 6.17 Å². The Labute approximate surface area is 207 Å². The van der Waals surface area contributed by atoms with Crippen molar-refractivity contribution in [3.63, 3.8) is 0 Å². The molecule has 0 fully saturated rings. The van der Waals surface area contributed by atoms with Gasteiger partial charge in [-0.25, -0.2) is 0 Å². The van der Waals surface area contributed by atoms with Gasteiger partial charge in [0.25, 0.3) is 0 Å². The topological polar surface area (TPSA) is 6.48 Å². The van der Waals surface area contributed by atoms with Gasteiger partial charge in [0, 0.05) is 29.4 Å². The third kappa shape index (κ3) is 3.32. The Kier molecular flexibility index (Phi) is 4.84. The average Bonchev–Trinajstić information content (AvgIpc) is 2.93. The molecule has 0 bridgehead atoms. The first-order valence-corrected chi connectivity index (χ1v) is 12.6. The minimum Gasteiger partial charge on any atom is -0.340 e. The SMILES string of the molecule is C1=CC2Cc3ccccc3N(C(c3ccccc3)N3c4ccccc4Cc4ccccc43)C2C=C1. The Hall–Kier alpha value is -4.04. The summed E-state index contributed by atoms with van der Waals surface area (Å²) >= 11 is 0. The third-order valence-electron chi connectivity index (χ3n) is 7.75. The minimum absolute atomic E-state index is 0.0175. The van der Waals surface area contributed by atoms with Gasteiger partial charge in [-0.05, 0) is 46.9 Å². The lowest BCUT2D eigenvalue weighted by Gasteiger charge is -2.51. The number of rotatable bonds is 3. The quantitative estimate of drug-likeness (QED) is 0.316. The summed E-state index contributed by atoms with van der Waals surface area (Å²) in [6, 6.07) is 38.2. The first-order valence-electron chi connectivity index (χ1n) is 12.6. The summed E-state index contributed by atoms with van der Waals surface area (Å²) in [5.41, 5.74) is 9.43. The molecule has 170 valence electrons. The lowest BCUT2D eigenvalue weighted by atomic mass is 9.82. The van der Waals surface area contributed by atoms with Gasteiger partial charge >= 0.3 is 0 Å². The highest BCUT2D eigenvalue weighted by atomic mass is 15.4. The molecular weight excluding hydrogens is 424 g/mol. The lowest BCUT2D eigenvalue weighted by molar-refractivity contribution is 0.451. The molecule has 2 nitrogen and oxygen atoms in total. The van der Waals surface area contributed by atoms with Crippen LogP contribution in [-0.2, 0) is 12.8 Å². The van der Waals surface area contributed by atoms with Crippen molar-refractivity contribution in [2.24, 2.45) is 5.92 Å². The van der Waals surface area contributed by atoms with Gasteiger partial charge in [0.05, 0.1) is 6.04 Å². The number of allylic oxidation sites excluding steroid dienone is 2. The number of hydrogen-bond acceptors (Lipinski definition) is 2. The highest BCUT2D eigenvalue weighted by Gasteiger charge is 2.41. The second-order valence-electron chi connectivity index (χ2n) is 9.75. The van der Waals surface area contributed by atoms with E-state index in [1.165, 1.54) is 39.3 Å². The van der Waals surface area contributed by atoms with Crippen LogP contribution in [0, 0.1) is 5.92 Å². The maximum atomic E-state index is 2.68. The van der Waals surface area contributed by atoms with Crippen LogP contribution >= 0.6 is 0 Å². The molecule has 35 heavy (non-hydrogen) atoms. The summed E-state index contributed by atoms with van der Waals surface area (Å²) in [5.74, 6) is 0.455. The van der Waals surface area contributed by atoms with Crippen molar-refractivity contribution in [3.05, 3.63) is 150 Å². The van der Waals surface area contributed by atoms with Gasteiger partial charge in [0.2, 0.25) is 0 Å². The lowest BCUT2D eigenvalue weighted by Crippen LogP contribution is -2.51. The molecule has 0 radical (unpaired) electrons. The van der Waals surface area contributed by atoms with E-state index in [2.05, 4.69) is 137 Å². The molecule has 0 spiro atoms. The Morgan fingerprint density at radius 2 is 1.14 bits per heavy atom. The van der Waals surface area contributed by atoms with E-state index in [4.69, 9.17) is 0 Å². The van der Waals surface area contributed by atoms with Crippen LogP contribution in [0.5, 0.6) is 0 Å². The van der Waals surface area contributed by atoms with Crippen LogP contribution in [0.15, 0.2) is 127 Å². The average molecular weight is 453 g/mol. The number of anilines is 3. The fourth-order valence-electron chi connectivity index (χ4n) is 6.22. The van der Waals surface area contributed by atoms with E-state index in [0.717, 1.165) is 12.8 Å². The molecule has 0 saturated carbocycles. The molecule has 4 aromatic carbocycles. The predicted molar refractivity (Wildman–Crippen MR) is 145 cm³/mol. The van der Waals surface area contributed by atoms with Crippen LogP contribution in [0.4, 0.5) is 17.1 Å². The maximum absolute atomic E-state index is 2.68. The summed E-state index contributed by atoms with van der Waals surface area (Å²) < 4.78 is 0. The molecular formula is C33H28N2. The second-order valence-corrected chi connectivity index (χ2v) is 9.75. The molecule has 3 atom stereocenters. The zero-order chi connectivity index (χ0) is 23.2. The van der Waals surface area contributed by atoms with Crippen molar-refractivity contribution >= 4 is 17.1 Å². The monoisotopic (exact) mass is 452 g/mol. The zero-order valence-corrected chi connectivity index (χ0v) is 19.7. The van der Waals surface area contributed by atoms with E-state index in [0.29, 0.717) is 12.0 Å². The molecule has 1 aliphatic carbocycles. The molecule has 3 unspecified atom stereocenters. The van der Waals surface area contributed by atoms with E-state index < -0.39 is 0 Å². The molecule has 4 aromatic rings. The summed E-state index contributed by atoms with van der Waals surface area (Å²) in [6.45, 7) is 0. The fraction of sp³-hybridized carbons (Fsp3) is 0.152. The van der Waals surface area contributed by atoms with Crippen LogP contribution in [0.3, 0.4) is 0 Å². The van der Waals surface area contributed by atoms with Gasteiger partial charge < -0.3 is 9.80 Å². The Morgan fingerprint density at radius 3 is 1.86 bits per heavy atom. The van der Waals surface area contributed by atoms with Crippen molar-refractivity contribution in [3.8, 4) is 0 Å². The summed E-state index contributed by atoms with van der Waals surface area (Å²) in [4.78, 5) is 5.27. The summed E-state index contributed by atoms with van der Waals surface area (Å²) in [5, 5.41) is 0. The van der Waals surface area contributed by atoms with Gasteiger partial charge in [0.15, 0.2) is 0 Å². The van der Waals surface area contributed by atoms with Gasteiger partial charge in [-0.1, -0.05) is 109 Å². The maximum Gasteiger partial charge on any atom is 0.133 e. The van der Waals surface area contributed by atoms with Crippen molar-refractivity contribution in [2.75, 3.05) is 9.80 Å². The zero-order valence-electron chi connectivity index (χ0n) is 19.7. The second kappa shape index (κ2) is 8.32. The van der Waals surface area contributed by atoms with Crippen molar-refractivity contribution in [1.82, 2.24) is 0 Å². The first kappa shape index (κ1) is 20.3. The molecule has 0 saturated heterocycles. The van der Waals surface area contributed by atoms with E-state index >= 15 is 0 Å². The predicted octanol–water partition coefficient (Wildman–Crippen LogP) is 7.60. The number of para-hydroxylation sites is 3. The van der Waals surface area contributed by atoms with Crippen molar-refractivity contribution < 1.29 is 0 Å². The van der Waals surface area contributed by atoms with Gasteiger partial charge in [-0.3, -0.25) is 0 Å². The third-order valence-corrected chi connectivity index (χ3v) is 7.75. The highest BCUT2D eigenvalue weighted by Crippen LogP contribution is 2.49.